The lowest BCUT2D eigenvalue weighted by atomic mass is 10.2. The number of hydrogen-bond acceptors (Lipinski definition) is 3. The van der Waals surface area contributed by atoms with E-state index in [0.29, 0.717) is 23.5 Å². The van der Waals surface area contributed by atoms with Crippen molar-refractivity contribution in [3.63, 3.8) is 0 Å². The Labute approximate surface area is 159 Å². The van der Waals surface area contributed by atoms with Crippen molar-refractivity contribution in [1.29, 1.82) is 0 Å². The second kappa shape index (κ2) is 8.01. The topological polar surface area (TPSA) is 60.3 Å². The van der Waals surface area contributed by atoms with Gasteiger partial charge in [0.2, 0.25) is 0 Å². The van der Waals surface area contributed by atoms with Crippen LogP contribution in [-0.4, -0.2) is 17.6 Å². The normalized spacial score (nSPS) is 10.4. The number of ether oxygens (including phenoxy) is 1. The molecule has 0 radical (unpaired) electrons. The van der Waals surface area contributed by atoms with Crippen LogP contribution in [0.3, 0.4) is 0 Å². The number of pyridine rings is 1. The van der Waals surface area contributed by atoms with E-state index in [4.69, 9.17) is 4.74 Å². The van der Waals surface area contributed by atoms with E-state index in [1.54, 1.807) is 37.6 Å². The van der Waals surface area contributed by atoms with Gasteiger partial charge in [0.25, 0.3) is 11.5 Å². The summed E-state index contributed by atoms with van der Waals surface area (Å²) in [4.78, 5) is 24.6. The van der Waals surface area contributed by atoms with Gasteiger partial charge in [-0.15, -0.1) is 0 Å². The number of carbonyl (C=O) groups excluding carboxylic acids is 1. The number of amides is 1. The summed E-state index contributed by atoms with van der Waals surface area (Å²) in [5.41, 5.74) is 1.84. The van der Waals surface area contributed by atoms with Gasteiger partial charge in [0.05, 0.1) is 19.2 Å². The van der Waals surface area contributed by atoms with Crippen LogP contribution in [0.25, 0.3) is 0 Å². The van der Waals surface area contributed by atoms with E-state index in [9.17, 15) is 9.59 Å². The Morgan fingerprint density at radius 1 is 1.12 bits per heavy atom. The lowest BCUT2D eigenvalue weighted by Crippen LogP contribution is -2.22. The smallest absolute Gasteiger partial charge is 0.257 e. The standard InChI is InChI=1S/C20H17BrN2O3/c1-26-18-4-2-3-17(11-18)22-20(25)15-7-10-19(24)23(13-15)12-14-5-8-16(21)9-6-14/h2-11,13H,12H2,1H3,(H,22,25). The number of benzene rings is 2. The number of halogens is 1. The number of anilines is 1. The summed E-state index contributed by atoms with van der Waals surface area (Å²) in [6, 6.07) is 17.7. The molecule has 0 atom stereocenters. The first-order valence-electron chi connectivity index (χ1n) is 7.95. The van der Waals surface area contributed by atoms with Gasteiger partial charge in [-0.2, -0.15) is 0 Å². The van der Waals surface area contributed by atoms with Gasteiger partial charge in [0, 0.05) is 28.5 Å². The van der Waals surface area contributed by atoms with E-state index in [1.807, 2.05) is 24.3 Å². The van der Waals surface area contributed by atoms with Gasteiger partial charge in [0.1, 0.15) is 5.75 Å². The van der Waals surface area contributed by atoms with Crippen LogP contribution >= 0.6 is 15.9 Å². The van der Waals surface area contributed by atoms with Crippen molar-refractivity contribution in [2.45, 2.75) is 6.54 Å². The van der Waals surface area contributed by atoms with E-state index in [2.05, 4.69) is 21.2 Å². The van der Waals surface area contributed by atoms with Gasteiger partial charge < -0.3 is 14.6 Å². The summed E-state index contributed by atoms with van der Waals surface area (Å²) < 4.78 is 7.64. The van der Waals surface area contributed by atoms with Crippen molar-refractivity contribution in [3.8, 4) is 5.75 Å². The number of nitrogens with zero attached hydrogens (tertiary/aromatic N) is 1. The van der Waals surface area contributed by atoms with Crippen LogP contribution < -0.4 is 15.6 Å². The van der Waals surface area contributed by atoms with Crippen molar-refractivity contribution in [2.24, 2.45) is 0 Å². The molecule has 2 aromatic carbocycles. The monoisotopic (exact) mass is 412 g/mol. The Bertz CT molecular complexity index is 981. The fourth-order valence-electron chi connectivity index (χ4n) is 2.48. The molecular weight excluding hydrogens is 396 g/mol. The van der Waals surface area contributed by atoms with Crippen LogP contribution in [0.15, 0.2) is 76.1 Å². The molecule has 0 unspecified atom stereocenters. The van der Waals surface area contributed by atoms with Crippen LogP contribution in [0.5, 0.6) is 5.75 Å². The van der Waals surface area contributed by atoms with Crippen molar-refractivity contribution >= 4 is 27.5 Å². The lowest BCUT2D eigenvalue weighted by Gasteiger charge is -2.10. The van der Waals surface area contributed by atoms with Gasteiger partial charge in [-0.3, -0.25) is 9.59 Å². The number of aromatic nitrogens is 1. The van der Waals surface area contributed by atoms with Gasteiger partial charge >= 0.3 is 0 Å². The largest absolute Gasteiger partial charge is 0.497 e. The second-order valence-electron chi connectivity index (χ2n) is 5.70. The molecule has 26 heavy (non-hydrogen) atoms. The van der Waals surface area contributed by atoms with Gasteiger partial charge in [0.15, 0.2) is 0 Å². The third kappa shape index (κ3) is 4.40. The van der Waals surface area contributed by atoms with Gasteiger partial charge in [-0.1, -0.05) is 34.1 Å². The first kappa shape index (κ1) is 17.9. The highest BCUT2D eigenvalue weighted by molar-refractivity contribution is 9.10. The molecule has 132 valence electrons. The molecule has 6 heteroatoms. The number of carbonyl (C=O) groups is 1. The van der Waals surface area contributed by atoms with E-state index < -0.39 is 0 Å². The summed E-state index contributed by atoms with van der Waals surface area (Å²) in [7, 11) is 1.57. The van der Waals surface area contributed by atoms with E-state index >= 15 is 0 Å². The molecule has 3 aromatic rings. The second-order valence-corrected chi connectivity index (χ2v) is 6.61. The van der Waals surface area contributed by atoms with Crippen molar-refractivity contribution in [3.05, 3.63) is 92.8 Å². The predicted octanol–water partition coefficient (Wildman–Crippen LogP) is 3.92. The Morgan fingerprint density at radius 3 is 2.62 bits per heavy atom. The van der Waals surface area contributed by atoms with Gasteiger partial charge in [-0.05, 0) is 35.9 Å². The van der Waals surface area contributed by atoms with Crippen molar-refractivity contribution in [2.75, 3.05) is 12.4 Å². The minimum Gasteiger partial charge on any atom is -0.497 e. The maximum Gasteiger partial charge on any atom is 0.257 e. The maximum atomic E-state index is 12.5. The summed E-state index contributed by atoms with van der Waals surface area (Å²) in [5.74, 6) is 0.366. The van der Waals surface area contributed by atoms with Crippen LogP contribution in [0.4, 0.5) is 5.69 Å². The summed E-state index contributed by atoms with van der Waals surface area (Å²) in [6.45, 7) is 0.395. The Kier molecular flexibility index (Phi) is 5.53. The Balaban J connectivity index is 1.80. The molecule has 3 rings (SSSR count). The zero-order valence-electron chi connectivity index (χ0n) is 14.1. The number of methoxy groups -OCH3 is 1. The van der Waals surface area contributed by atoms with Crippen LogP contribution in [0.2, 0.25) is 0 Å². The van der Waals surface area contributed by atoms with Crippen LogP contribution in [0.1, 0.15) is 15.9 Å². The number of rotatable bonds is 5. The lowest BCUT2D eigenvalue weighted by molar-refractivity contribution is 0.102. The molecule has 1 aromatic heterocycles. The highest BCUT2D eigenvalue weighted by Gasteiger charge is 2.09. The van der Waals surface area contributed by atoms with Crippen molar-refractivity contribution < 1.29 is 9.53 Å². The summed E-state index contributed by atoms with van der Waals surface area (Å²) in [6.07, 6.45) is 1.57. The molecule has 0 spiro atoms. The molecule has 1 heterocycles. The zero-order chi connectivity index (χ0) is 18.5. The maximum absolute atomic E-state index is 12.5. The molecule has 1 amide bonds. The van der Waals surface area contributed by atoms with Crippen molar-refractivity contribution in [1.82, 2.24) is 4.57 Å². The molecule has 5 nitrogen and oxygen atoms in total. The highest BCUT2D eigenvalue weighted by Crippen LogP contribution is 2.17. The first-order chi connectivity index (χ1) is 12.5. The zero-order valence-corrected chi connectivity index (χ0v) is 15.7. The van der Waals surface area contributed by atoms with Crippen LogP contribution in [0, 0.1) is 0 Å². The molecule has 0 saturated carbocycles. The first-order valence-corrected chi connectivity index (χ1v) is 8.75. The highest BCUT2D eigenvalue weighted by atomic mass is 79.9. The fourth-order valence-corrected chi connectivity index (χ4v) is 2.74. The van der Waals surface area contributed by atoms with E-state index in [-0.39, 0.29) is 11.5 Å². The summed E-state index contributed by atoms with van der Waals surface area (Å²) >= 11 is 3.39. The average Bonchev–Trinajstić information content (AvgIpc) is 2.65. The molecule has 0 bridgehead atoms. The third-order valence-corrected chi connectivity index (χ3v) is 4.37. The fraction of sp³-hybridized carbons (Fsp3) is 0.100. The average molecular weight is 413 g/mol. The Hall–Kier alpha value is -2.86. The number of nitrogens with one attached hydrogen (secondary N) is 1. The third-order valence-electron chi connectivity index (χ3n) is 3.84. The molecule has 0 aliphatic carbocycles. The molecule has 0 fully saturated rings. The molecule has 0 saturated heterocycles. The molecule has 0 aliphatic heterocycles. The quantitative estimate of drug-likeness (QED) is 0.690. The molecule has 0 aliphatic rings. The minimum absolute atomic E-state index is 0.161. The molecule has 1 N–H and O–H groups in total. The number of hydrogen-bond donors (Lipinski definition) is 1. The minimum atomic E-state index is -0.289. The summed E-state index contributed by atoms with van der Waals surface area (Å²) in [5, 5.41) is 2.81. The van der Waals surface area contributed by atoms with Gasteiger partial charge in [-0.25, -0.2) is 0 Å². The van der Waals surface area contributed by atoms with E-state index in [0.717, 1.165) is 10.0 Å². The SMILES string of the molecule is COc1cccc(NC(=O)c2ccc(=O)n(Cc3ccc(Br)cc3)c2)c1. The van der Waals surface area contributed by atoms with E-state index in [1.165, 1.54) is 16.7 Å². The van der Waals surface area contributed by atoms with Crippen LogP contribution in [-0.2, 0) is 6.54 Å². The Morgan fingerprint density at radius 2 is 1.88 bits per heavy atom. The predicted molar refractivity (Wildman–Crippen MR) is 105 cm³/mol. The molecular formula is C20H17BrN2O3.